The Bertz CT molecular complexity index is 453. The number of aliphatic hydroxyl groups is 1. The lowest BCUT2D eigenvalue weighted by Crippen LogP contribution is -2.37. The Morgan fingerprint density at radius 2 is 2.17 bits per heavy atom. The van der Waals surface area contributed by atoms with Gasteiger partial charge < -0.3 is 10.4 Å². The minimum atomic E-state index is -0.164. The summed E-state index contributed by atoms with van der Waals surface area (Å²) in [5, 5.41) is 12.0. The van der Waals surface area contributed by atoms with E-state index in [1.54, 1.807) is 6.08 Å². The molecule has 0 unspecified atom stereocenters. The van der Waals surface area contributed by atoms with Crippen LogP contribution in [-0.4, -0.2) is 23.7 Å². The van der Waals surface area contributed by atoms with Gasteiger partial charge in [-0.2, -0.15) is 0 Å². The summed E-state index contributed by atoms with van der Waals surface area (Å²) >= 11 is 3.42. The third kappa shape index (κ3) is 3.68. The number of amides is 1. The number of hydrogen-bond acceptors (Lipinski definition) is 2. The van der Waals surface area contributed by atoms with Gasteiger partial charge in [0.05, 0.1) is 6.10 Å². The van der Waals surface area contributed by atoms with E-state index in [9.17, 15) is 4.79 Å². The molecule has 3 nitrogen and oxygen atoms in total. The van der Waals surface area contributed by atoms with Crippen molar-refractivity contribution in [1.29, 1.82) is 0 Å². The molecular weight excluding hydrogens is 294 g/mol. The van der Waals surface area contributed by atoms with Gasteiger partial charge in [0.25, 0.3) is 0 Å². The Balaban J connectivity index is 1.78. The first-order valence-corrected chi connectivity index (χ1v) is 6.83. The summed E-state index contributed by atoms with van der Waals surface area (Å²) in [6, 6.07) is 7.74. The molecule has 0 heterocycles. The summed E-state index contributed by atoms with van der Waals surface area (Å²) < 4.78 is 0.969. The SMILES string of the molecule is O=C(C=Cc1ccccc1Br)NCC1CC(O)C1. The van der Waals surface area contributed by atoms with Crippen LogP contribution in [0.15, 0.2) is 34.8 Å². The van der Waals surface area contributed by atoms with E-state index in [4.69, 9.17) is 5.11 Å². The molecule has 1 aliphatic rings. The molecule has 1 fully saturated rings. The zero-order valence-electron chi connectivity index (χ0n) is 9.97. The maximum atomic E-state index is 11.6. The van der Waals surface area contributed by atoms with Crippen molar-refractivity contribution in [1.82, 2.24) is 5.32 Å². The Hall–Kier alpha value is -1.13. The molecule has 0 radical (unpaired) electrons. The van der Waals surface area contributed by atoms with Crippen molar-refractivity contribution in [2.75, 3.05) is 6.54 Å². The van der Waals surface area contributed by atoms with E-state index in [1.165, 1.54) is 6.08 Å². The Morgan fingerprint density at radius 1 is 1.44 bits per heavy atom. The molecule has 1 aliphatic carbocycles. The smallest absolute Gasteiger partial charge is 0.244 e. The molecule has 18 heavy (non-hydrogen) atoms. The summed E-state index contributed by atoms with van der Waals surface area (Å²) in [7, 11) is 0. The van der Waals surface area contributed by atoms with Crippen molar-refractivity contribution in [2.45, 2.75) is 18.9 Å². The molecule has 1 aromatic carbocycles. The third-order valence-electron chi connectivity index (χ3n) is 3.10. The quantitative estimate of drug-likeness (QED) is 0.839. The van der Waals surface area contributed by atoms with Crippen LogP contribution in [-0.2, 0) is 4.79 Å². The van der Waals surface area contributed by atoms with Crippen LogP contribution in [0.1, 0.15) is 18.4 Å². The van der Waals surface area contributed by atoms with E-state index in [-0.39, 0.29) is 12.0 Å². The second-order valence-corrected chi connectivity index (χ2v) is 5.45. The van der Waals surface area contributed by atoms with Gasteiger partial charge in [0.1, 0.15) is 0 Å². The van der Waals surface area contributed by atoms with Gasteiger partial charge in [-0.15, -0.1) is 0 Å². The lowest BCUT2D eigenvalue weighted by Gasteiger charge is -2.31. The van der Waals surface area contributed by atoms with Crippen molar-refractivity contribution in [3.63, 3.8) is 0 Å². The number of benzene rings is 1. The first-order valence-electron chi connectivity index (χ1n) is 6.03. The van der Waals surface area contributed by atoms with Gasteiger partial charge in [-0.05, 0) is 36.5 Å². The first kappa shape index (κ1) is 13.3. The lowest BCUT2D eigenvalue weighted by atomic mass is 9.82. The molecule has 0 aromatic heterocycles. The highest BCUT2D eigenvalue weighted by Gasteiger charge is 2.26. The number of halogens is 1. The van der Waals surface area contributed by atoms with Crippen molar-refractivity contribution < 1.29 is 9.90 Å². The van der Waals surface area contributed by atoms with Crippen LogP contribution >= 0.6 is 15.9 Å². The molecule has 1 aromatic rings. The van der Waals surface area contributed by atoms with Gasteiger partial charge in [0.2, 0.25) is 5.91 Å². The van der Waals surface area contributed by atoms with Crippen molar-refractivity contribution in [3.8, 4) is 0 Å². The van der Waals surface area contributed by atoms with Gasteiger partial charge in [-0.25, -0.2) is 0 Å². The second kappa shape index (κ2) is 6.16. The summed E-state index contributed by atoms with van der Waals surface area (Å²) in [4.78, 5) is 11.6. The van der Waals surface area contributed by atoms with Crippen LogP contribution in [0.2, 0.25) is 0 Å². The number of carbonyl (C=O) groups excluding carboxylic acids is 1. The Kier molecular flexibility index (Phi) is 4.55. The molecule has 0 aliphatic heterocycles. The highest BCUT2D eigenvalue weighted by Crippen LogP contribution is 2.26. The predicted molar refractivity (Wildman–Crippen MR) is 74.9 cm³/mol. The van der Waals surface area contributed by atoms with E-state index in [1.807, 2.05) is 24.3 Å². The van der Waals surface area contributed by atoms with E-state index in [2.05, 4.69) is 21.2 Å². The normalized spacial score (nSPS) is 22.8. The van der Waals surface area contributed by atoms with E-state index in [0.717, 1.165) is 22.9 Å². The van der Waals surface area contributed by atoms with E-state index >= 15 is 0 Å². The van der Waals surface area contributed by atoms with Crippen molar-refractivity contribution in [2.24, 2.45) is 5.92 Å². The maximum Gasteiger partial charge on any atom is 0.244 e. The summed E-state index contributed by atoms with van der Waals surface area (Å²) in [5.41, 5.74) is 0.978. The van der Waals surface area contributed by atoms with Gasteiger partial charge >= 0.3 is 0 Å². The zero-order valence-corrected chi connectivity index (χ0v) is 11.6. The second-order valence-electron chi connectivity index (χ2n) is 4.59. The molecule has 1 amide bonds. The summed E-state index contributed by atoms with van der Waals surface area (Å²) in [6.07, 6.45) is 4.76. The Labute approximate surface area is 115 Å². The highest BCUT2D eigenvalue weighted by molar-refractivity contribution is 9.10. The van der Waals surface area contributed by atoms with Crippen molar-refractivity contribution in [3.05, 3.63) is 40.4 Å². The first-order chi connectivity index (χ1) is 8.65. The molecule has 2 rings (SSSR count). The Morgan fingerprint density at radius 3 is 2.83 bits per heavy atom. The summed E-state index contributed by atoms with van der Waals surface area (Å²) in [5.74, 6) is 0.341. The molecule has 2 N–H and O–H groups in total. The average molecular weight is 310 g/mol. The van der Waals surface area contributed by atoms with Gasteiger partial charge in [0.15, 0.2) is 0 Å². The maximum absolute atomic E-state index is 11.6. The average Bonchev–Trinajstić information content (AvgIpc) is 2.32. The number of rotatable bonds is 4. The molecule has 96 valence electrons. The number of aliphatic hydroxyl groups excluding tert-OH is 1. The molecule has 4 heteroatoms. The fraction of sp³-hybridized carbons (Fsp3) is 0.357. The molecular formula is C14H16BrNO2. The minimum absolute atomic E-state index is 0.0906. The fourth-order valence-corrected chi connectivity index (χ4v) is 2.36. The van der Waals surface area contributed by atoms with Gasteiger partial charge in [-0.3, -0.25) is 4.79 Å². The fourth-order valence-electron chi connectivity index (χ4n) is 1.95. The van der Waals surface area contributed by atoms with Crippen LogP contribution in [0.4, 0.5) is 0 Å². The predicted octanol–water partition coefficient (Wildman–Crippen LogP) is 2.35. The number of nitrogens with one attached hydrogen (secondary N) is 1. The van der Waals surface area contributed by atoms with E-state index < -0.39 is 0 Å². The minimum Gasteiger partial charge on any atom is -0.393 e. The number of hydrogen-bond donors (Lipinski definition) is 2. The standard InChI is InChI=1S/C14H16BrNO2/c15-13-4-2-1-3-11(13)5-6-14(18)16-9-10-7-12(17)8-10/h1-6,10,12,17H,7-9H2,(H,16,18). The van der Waals surface area contributed by atoms with Crippen LogP contribution < -0.4 is 5.32 Å². The van der Waals surface area contributed by atoms with Gasteiger partial charge in [0, 0.05) is 17.1 Å². The number of carbonyl (C=O) groups is 1. The van der Waals surface area contributed by atoms with Gasteiger partial charge in [-0.1, -0.05) is 34.1 Å². The monoisotopic (exact) mass is 309 g/mol. The molecule has 0 bridgehead atoms. The third-order valence-corrected chi connectivity index (χ3v) is 3.82. The zero-order chi connectivity index (χ0) is 13.0. The molecule has 0 atom stereocenters. The van der Waals surface area contributed by atoms with Crippen LogP contribution in [0.25, 0.3) is 6.08 Å². The summed E-state index contributed by atoms with van der Waals surface area (Å²) in [6.45, 7) is 0.649. The highest BCUT2D eigenvalue weighted by atomic mass is 79.9. The van der Waals surface area contributed by atoms with Crippen molar-refractivity contribution >= 4 is 27.9 Å². The largest absolute Gasteiger partial charge is 0.393 e. The lowest BCUT2D eigenvalue weighted by molar-refractivity contribution is -0.117. The van der Waals surface area contributed by atoms with E-state index in [0.29, 0.717) is 12.5 Å². The molecule has 1 saturated carbocycles. The molecule has 0 saturated heterocycles. The van der Waals surface area contributed by atoms with Crippen LogP contribution in [0, 0.1) is 5.92 Å². The van der Waals surface area contributed by atoms with Crippen LogP contribution in [0.5, 0.6) is 0 Å². The van der Waals surface area contributed by atoms with Crippen LogP contribution in [0.3, 0.4) is 0 Å². The topological polar surface area (TPSA) is 49.3 Å². The molecule has 0 spiro atoms.